The molecule has 0 radical (unpaired) electrons. The van der Waals surface area contributed by atoms with Crippen LogP contribution in [0.4, 0.5) is 0 Å². The van der Waals surface area contributed by atoms with Crippen LogP contribution in [0.25, 0.3) is 0 Å². The van der Waals surface area contributed by atoms with Gasteiger partial charge >= 0.3 is 0 Å². The van der Waals surface area contributed by atoms with E-state index in [9.17, 15) is 0 Å². The molecule has 1 heterocycles. The Balaban J connectivity index is 1.80. The minimum atomic E-state index is 0.0581. The molecule has 1 aliphatic rings. The number of ether oxygens (including phenoxy) is 2. The quantitative estimate of drug-likeness (QED) is 0.528. The van der Waals surface area contributed by atoms with Gasteiger partial charge in [-0.1, -0.05) is 20.3 Å². The van der Waals surface area contributed by atoms with E-state index in [0.29, 0.717) is 0 Å². The Labute approximate surface area is 173 Å². The van der Waals surface area contributed by atoms with Gasteiger partial charge in [-0.25, -0.2) is 0 Å². The highest BCUT2D eigenvalue weighted by Gasteiger charge is 2.33. The number of nitrogens with two attached hydrogens (primary N) is 1. The average Bonchev–Trinajstić information content (AvgIpc) is 2.61. The fraction of sp³-hybridized carbons (Fsp3) is 0.760. The maximum atomic E-state index is 5.97. The Bertz CT molecular complexity index is 550. The van der Waals surface area contributed by atoms with Crippen LogP contribution in [0.5, 0.6) is 5.75 Å². The molecule has 1 fully saturated rings. The SMILES string of the molecule is CC(C)CC[C@@H](CC[NH2+]Cc1ccc(OC(C)C)cc1)[C@@H]1CCOC(C)(C)C1. The van der Waals surface area contributed by atoms with Crippen LogP contribution >= 0.6 is 0 Å². The first-order chi connectivity index (χ1) is 13.2. The van der Waals surface area contributed by atoms with Gasteiger partial charge in [0.2, 0.25) is 0 Å². The second-order valence-corrected chi connectivity index (χ2v) is 9.97. The Morgan fingerprint density at radius 1 is 1.07 bits per heavy atom. The molecule has 0 unspecified atom stereocenters. The Hall–Kier alpha value is -1.06. The summed E-state index contributed by atoms with van der Waals surface area (Å²) in [5.41, 5.74) is 1.43. The first kappa shape index (κ1) is 23.2. The minimum absolute atomic E-state index is 0.0581. The predicted molar refractivity (Wildman–Crippen MR) is 118 cm³/mol. The third-order valence-corrected chi connectivity index (χ3v) is 5.93. The van der Waals surface area contributed by atoms with E-state index in [4.69, 9.17) is 9.47 Å². The molecule has 2 rings (SSSR count). The molecule has 1 aromatic rings. The van der Waals surface area contributed by atoms with Gasteiger partial charge in [-0.05, 0) is 95.4 Å². The molecule has 0 spiro atoms. The van der Waals surface area contributed by atoms with Gasteiger partial charge in [0.1, 0.15) is 12.3 Å². The number of hydrogen-bond acceptors (Lipinski definition) is 2. The summed E-state index contributed by atoms with van der Waals surface area (Å²) in [5, 5.41) is 2.48. The number of quaternary nitrogens is 1. The van der Waals surface area contributed by atoms with Crippen molar-refractivity contribution in [1.29, 1.82) is 0 Å². The average molecular weight is 391 g/mol. The molecule has 28 heavy (non-hydrogen) atoms. The zero-order valence-corrected chi connectivity index (χ0v) is 19.2. The maximum Gasteiger partial charge on any atom is 0.119 e. The van der Waals surface area contributed by atoms with E-state index in [1.807, 2.05) is 0 Å². The normalized spacial score (nSPS) is 20.5. The fourth-order valence-electron chi connectivity index (χ4n) is 4.42. The second-order valence-electron chi connectivity index (χ2n) is 9.97. The third-order valence-electron chi connectivity index (χ3n) is 5.93. The van der Waals surface area contributed by atoms with Crippen molar-refractivity contribution < 1.29 is 14.8 Å². The van der Waals surface area contributed by atoms with Crippen molar-refractivity contribution in [1.82, 2.24) is 0 Å². The molecule has 0 aliphatic carbocycles. The van der Waals surface area contributed by atoms with Gasteiger partial charge in [0.25, 0.3) is 0 Å². The predicted octanol–water partition coefficient (Wildman–Crippen LogP) is 5.18. The van der Waals surface area contributed by atoms with Gasteiger partial charge in [0, 0.05) is 12.2 Å². The highest BCUT2D eigenvalue weighted by Crippen LogP contribution is 2.37. The summed E-state index contributed by atoms with van der Waals surface area (Å²) in [7, 11) is 0. The number of hydrogen-bond donors (Lipinski definition) is 1. The molecular formula is C25H44NO2+. The van der Waals surface area contributed by atoms with Gasteiger partial charge in [-0.3, -0.25) is 0 Å². The molecule has 3 nitrogen and oxygen atoms in total. The molecule has 2 atom stereocenters. The van der Waals surface area contributed by atoms with Crippen LogP contribution in [-0.2, 0) is 11.3 Å². The molecule has 1 saturated heterocycles. The molecule has 160 valence electrons. The summed E-state index contributed by atoms with van der Waals surface area (Å²) in [6.07, 6.45) is 6.72. The van der Waals surface area contributed by atoms with Crippen molar-refractivity contribution in [2.24, 2.45) is 17.8 Å². The third kappa shape index (κ3) is 8.53. The lowest BCUT2D eigenvalue weighted by Gasteiger charge is -2.39. The Kier molecular flexibility index (Phi) is 9.30. The zero-order chi connectivity index (χ0) is 20.6. The number of benzene rings is 1. The summed E-state index contributed by atoms with van der Waals surface area (Å²) in [5.74, 6) is 3.42. The summed E-state index contributed by atoms with van der Waals surface area (Å²) < 4.78 is 11.7. The smallest absolute Gasteiger partial charge is 0.119 e. The van der Waals surface area contributed by atoms with E-state index in [1.165, 1.54) is 44.2 Å². The lowest BCUT2D eigenvalue weighted by molar-refractivity contribution is -0.671. The van der Waals surface area contributed by atoms with E-state index in [2.05, 4.69) is 71.1 Å². The van der Waals surface area contributed by atoms with E-state index >= 15 is 0 Å². The first-order valence-corrected chi connectivity index (χ1v) is 11.5. The van der Waals surface area contributed by atoms with Gasteiger partial charge in [-0.2, -0.15) is 0 Å². The molecule has 0 aromatic heterocycles. The van der Waals surface area contributed by atoms with E-state index in [-0.39, 0.29) is 11.7 Å². The van der Waals surface area contributed by atoms with Gasteiger partial charge in [0.15, 0.2) is 0 Å². The maximum absolute atomic E-state index is 5.97. The summed E-state index contributed by atoms with van der Waals surface area (Å²) in [6.45, 7) is 16.6. The van der Waals surface area contributed by atoms with Crippen molar-refractivity contribution in [3.63, 3.8) is 0 Å². The molecule has 0 amide bonds. The Morgan fingerprint density at radius 3 is 2.39 bits per heavy atom. The molecular weight excluding hydrogens is 346 g/mol. The monoisotopic (exact) mass is 390 g/mol. The van der Waals surface area contributed by atoms with Crippen LogP contribution in [-0.4, -0.2) is 24.9 Å². The molecule has 1 aliphatic heterocycles. The lowest BCUT2D eigenvalue weighted by Crippen LogP contribution is -2.82. The Morgan fingerprint density at radius 2 is 1.79 bits per heavy atom. The highest BCUT2D eigenvalue weighted by molar-refractivity contribution is 5.26. The summed E-state index contributed by atoms with van der Waals surface area (Å²) in [6, 6.07) is 8.59. The second kappa shape index (κ2) is 11.2. The van der Waals surface area contributed by atoms with Crippen molar-refractivity contribution in [2.45, 2.75) is 91.9 Å². The van der Waals surface area contributed by atoms with Gasteiger partial charge < -0.3 is 14.8 Å². The molecule has 0 bridgehead atoms. The van der Waals surface area contributed by atoms with E-state index < -0.39 is 0 Å². The molecule has 2 N–H and O–H groups in total. The first-order valence-electron chi connectivity index (χ1n) is 11.5. The lowest BCUT2D eigenvalue weighted by atomic mass is 9.75. The highest BCUT2D eigenvalue weighted by atomic mass is 16.5. The molecule has 0 saturated carbocycles. The van der Waals surface area contributed by atoms with Crippen LogP contribution < -0.4 is 10.1 Å². The summed E-state index contributed by atoms with van der Waals surface area (Å²) >= 11 is 0. The van der Waals surface area contributed by atoms with Crippen molar-refractivity contribution in [3.8, 4) is 5.75 Å². The standard InChI is InChI=1S/C25H43NO2/c1-19(2)7-10-22(23-14-16-27-25(5,6)17-23)13-15-26-18-21-8-11-24(12-9-21)28-20(3)4/h8-9,11-12,19-20,22-23,26H,7,10,13-18H2,1-6H3/p+1/t22-,23+/m0/s1. The van der Waals surface area contributed by atoms with Crippen molar-refractivity contribution >= 4 is 0 Å². The van der Waals surface area contributed by atoms with E-state index in [1.54, 1.807) is 0 Å². The van der Waals surface area contributed by atoms with Crippen LogP contribution in [0.3, 0.4) is 0 Å². The van der Waals surface area contributed by atoms with Gasteiger partial charge in [-0.15, -0.1) is 0 Å². The van der Waals surface area contributed by atoms with Crippen LogP contribution in [0, 0.1) is 17.8 Å². The van der Waals surface area contributed by atoms with Crippen LogP contribution in [0.1, 0.15) is 79.2 Å². The van der Waals surface area contributed by atoms with Crippen molar-refractivity contribution in [2.75, 3.05) is 13.2 Å². The van der Waals surface area contributed by atoms with Crippen LogP contribution in [0.15, 0.2) is 24.3 Å². The topological polar surface area (TPSA) is 35.1 Å². The van der Waals surface area contributed by atoms with Crippen molar-refractivity contribution in [3.05, 3.63) is 29.8 Å². The van der Waals surface area contributed by atoms with E-state index in [0.717, 1.165) is 36.7 Å². The zero-order valence-electron chi connectivity index (χ0n) is 19.2. The number of rotatable bonds is 11. The molecule has 1 aromatic carbocycles. The largest absolute Gasteiger partial charge is 0.491 e. The fourth-order valence-corrected chi connectivity index (χ4v) is 4.42. The van der Waals surface area contributed by atoms with Gasteiger partial charge in [0.05, 0.1) is 18.2 Å². The minimum Gasteiger partial charge on any atom is -0.491 e. The summed E-state index contributed by atoms with van der Waals surface area (Å²) in [4.78, 5) is 0. The van der Waals surface area contributed by atoms with Crippen LogP contribution in [0.2, 0.25) is 0 Å². The molecule has 3 heteroatoms.